The zero-order chi connectivity index (χ0) is 17.2. The van der Waals surface area contributed by atoms with Crippen LogP contribution in [-0.4, -0.2) is 12.6 Å². The number of benzene rings is 2. The van der Waals surface area contributed by atoms with Crippen molar-refractivity contribution in [2.75, 3.05) is 6.54 Å². The molecule has 2 aromatic rings. The van der Waals surface area contributed by atoms with Gasteiger partial charge in [0.05, 0.1) is 5.56 Å². The fraction of sp³-hybridized carbons (Fsp3) is 0.200. The van der Waals surface area contributed by atoms with Crippen molar-refractivity contribution in [1.82, 2.24) is 5.32 Å². The van der Waals surface area contributed by atoms with Crippen LogP contribution in [0.3, 0.4) is 0 Å². The maximum absolute atomic E-state index is 11.6. The van der Waals surface area contributed by atoms with Crippen molar-refractivity contribution in [2.24, 2.45) is 0 Å². The van der Waals surface area contributed by atoms with Gasteiger partial charge in [-0.2, -0.15) is 5.26 Å². The standard InChI is InChI=1S/C20H18N2O2/c1-16-8-7-11-18(14-21)19(16)12-5-6-13-22-20(23)24-15-17-9-3-2-4-10-17/h2-4,7-11H,6,13,15H2,1H3,(H,22,23). The molecule has 0 bridgehead atoms. The summed E-state index contributed by atoms with van der Waals surface area (Å²) in [7, 11) is 0. The van der Waals surface area contributed by atoms with Gasteiger partial charge in [-0.15, -0.1) is 0 Å². The molecule has 2 rings (SSSR count). The maximum atomic E-state index is 11.6. The summed E-state index contributed by atoms with van der Waals surface area (Å²) in [6.45, 7) is 2.56. The third-order valence-corrected chi connectivity index (χ3v) is 3.34. The molecule has 1 amide bonds. The number of hydrogen-bond donors (Lipinski definition) is 1. The van der Waals surface area contributed by atoms with Crippen molar-refractivity contribution in [3.05, 3.63) is 70.8 Å². The monoisotopic (exact) mass is 318 g/mol. The Morgan fingerprint density at radius 1 is 1.17 bits per heavy atom. The third kappa shape index (κ3) is 5.19. The molecule has 0 aliphatic rings. The van der Waals surface area contributed by atoms with Crippen molar-refractivity contribution < 1.29 is 9.53 Å². The van der Waals surface area contributed by atoms with Gasteiger partial charge < -0.3 is 10.1 Å². The second kappa shape index (κ2) is 9.02. The van der Waals surface area contributed by atoms with Crippen LogP contribution in [0.4, 0.5) is 4.79 Å². The molecule has 0 spiro atoms. The summed E-state index contributed by atoms with van der Waals surface area (Å²) in [5.74, 6) is 5.97. The molecule has 4 heteroatoms. The highest BCUT2D eigenvalue weighted by molar-refractivity contribution is 5.67. The fourth-order valence-electron chi connectivity index (χ4n) is 2.08. The van der Waals surface area contributed by atoms with E-state index in [1.165, 1.54) is 0 Å². The highest BCUT2D eigenvalue weighted by atomic mass is 16.5. The molecule has 1 N–H and O–H groups in total. The number of nitriles is 1. The molecule has 120 valence electrons. The van der Waals surface area contributed by atoms with Crippen LogP contribution < -0.4 is 5.32 Å². The summed E-state index contributed by atoms with van der Waals surface area (Å²) in [6, 6.07) is 17.1. The number of ether oxygens (including phenoxy) is 1. The molecule has 0 aromatic heterocycles. The van der Waals surface area contributed by atoms with E-state index in [0.29, 0.717) is 18.5 Å². The largest absolute Gasteiger partial charge is 0.445 e. The molecule has 0 radical (unpaired) electrons. The first-order valence-corrected chi connectivity index (χ1v) is 7.64. The third-order valence-electron chi connectivity index (χ3n) is 3.34. The Balaban J connectivity index is 1.76. The van der Waals surface area contributed by atoms with E-state index in [1.807, 2.05) is 49.4 Å². The normalized spacial score (nSPS) is 9.33. The Bertz CT molecular complexity index is 796. The van der Waals surface area contributed by atoms with Gasteiger partial charge in [0.1, 0.15) is 12.7 Å². The number of rotatable bonds is 4. The van der Waals surface area contributed by atoms with E-state index in [2.05, 4.69) is 23.2 Å². The number of amides is 1. The van der Waals surface area contributed by atoms with Crippen molar-refractivity contribution in [1.29, 1.82) is 5.26 Å². The second-order valence-corrected chi connectivity index (χ2v) is 5.15. The van der Waals surface area contributed by atoms with Gasteiger partial charge in [-0.1, -0.05) is 54.3 Å². The zero-order valence-corrected chi connectivity index (χ0v) is 13.5. The number of hydrogen-bond acceptors (Lipinski definition) is 3. The van der Waals surface area contributed by atoms with Crippen molar-refractivity contribution >= 4 is 6.09 Å². The SMILES string of the molecule is Cc1cccc(C#N)c1C#CCCNC(=O)OCc1ccccc1. The molecule has 0 saturated carbocycles. The van der Waals surface area contributed by atoms with Gasteiger partial charge in [-0.05, 0) is 24.1 Å². The van der Waals surface area contributed by atoms with E-state index in [1.54, 1.807) is 6.07 Å². The zero-order valence-electron chi connectivity index (χ0n) is 13.5. The highest BCUT2D eigenvalue weighted by Gasteiger charge is 2.02. The molecule has 2 aromatic carbocycles. The van der Waals surface area contributed by atoms with Crippen molar-refractivity contribution in [3.63, 3.8) is 0 Å². The summed E-state index contributed by atoms with van der Waals surface area (Å²) in [4.78, 5) is 11.6. The molecule has 0 aliphatic heterocycles. The van der Waals surface area contributed by atoms with Crippen LogP contribution in [0.5, 0.6) is 0 Å². The van der Waals surface area contributed by atoms with E-state index in [4.69, 9.17) is 10.00 Å². The van der Waals surface area contributed by atoms with Crippen molar-refractivity contribution in [3.8, 4) is 17.9 Å². The summed E-state index contributed by atoms with van der Waals surface area (Å²) < 4.78 is 5.11. The minimum absolute atomic E-state index is 0.243. The molecule has 24 heavy (non-hydrogen) atoms. The smallest absolute Gasteiger partial charge is 0.407 e. The number of nitrogens with one attached hydrogen (secondary N) is 1. The Labute approximate surface area is 142 Å². The predicted octanol–water partition coefficient (Wildman–Crippen LogP) is 3.53. The molecule has 0 saturated heterocycles. The molecule has 0 heterocycles. The first-order chi connectivity index (χ1) is 11.7. The van der Waals surface area contributed by atoms with Gasteiger partial charge in [0.15, 0.2) is 0 Å². The van der Waals surface area contributed by atoms with Gasteiger partial charge in [-0.3, -0.25) is 0 Å². The summed E-state index contributed by atoms with van der Waals surface area (Å²) in [6.07, 6.45) is 0.0221. The lowest BCUT2D eigenvalue weighted by atomic mass is 10.0. The maximum Gasteiger partial charge on any atom is 0.407 e. The van der Waals surface area contributed by atoms with Crippen LogP contribution in [-0.2, 0) is 11.3 Å². The van der Waals surface area contributed by atoms with Crippen LogP contribution in [0.1, 0.15) is 28.7 Å². The number of carbonyl (C=O) groups excluding carboxylic acids is 1. The lowest BCUT2D eigenvalue weighted by Gasteiger charge is -2.05. The van der Waals surface area contributed by atoms with Crippen LogP contribution in [0.2, 0.25) is 0 Å². The van der Waals surface area contributed by atoms with Crippen LogP contribution >= 0.6 is 0 Å². The minimum Gasteiger partial charge on any atom is -0.445 e. The van der Waals surface area contributed by atoms with Gasteiger partial charge in [0.2, 0.25) is 0 Å². The Kier molecular flexibility index (Phi) is 6.44. The summed E-state index contributed by atoms with van der Waals surface area (Å²) >= 11 is 0. The summed E-state index contributed by atoms with van der Waals surface area (Å²) in [5.41, 5.74) is 3.22. The van der Waals surface area contributed by atoms with Crippen LogP contribution in [0, 0.1) is 30.1 Å². The van der Waals surface area contributed by atoms with Gasteiger partial charge in [0, 0.05) is 18.5 Å². The average Bonchev–Trinajstić information content (AvgIpc) is 2.61. The quantitative estimate of drug-likeness (QED) is 0.693. The molecular weight excluding hydrogens is 300 g/mol. The van der Waals surface area contributed by atoms with Crippen LogP contribution in [0.25, 0.3) is 0 Å². The lowest BCUT2D eigenvalue weighted by molar-refractivity contribution is 0.140. The molecule has 0 fully saturated rings. The van der Waals surface area contributed by atoms with Gasteiger partial charge in [0.25, 0.3) is 0 Å². The van der Waals surface area contributed by atoms with Crippen molar-refractivity contribution in [2.45, 2.75) is 20.0 Å². The highest BCUT2D eigenvalue weighted by Crippen LogP contribution is 2.11. The summed E-state index contributed by atoms with van der Waals surface area (Å²) in [5, 5.41) is 11.7. The molecule has 4 nitrogen and oxygen atoms in total. The van der Waals surface area contributed by atoms with E-state index >= 15 is 0 Å². The minimum atomic E-state index is -0.464. The Hall–Kier alpha value is -3.24. The van der Waals surface area contributed by atoms with E-state index in [-0.39, 0.29) is 6.61 Å². The Morgan fingerprint density at radius 2 is 1.96 bits per heavy atom. The number of aryl methyl sites for hydroxylation is 1. The molecule has 0 atom stereocenters. The average molecular weight is 318 g/mol. The first kappa shape index (κ1) is 17.1. The molecule has 0 unspecified atom stereocenters. The second-order valence-electron chi connectivity index (χ2n) is 5.15. The first-order valence-electron chi connectivity index (χ1n) is 7.64. The van der Waals surface area contributed by atoms with E-state index in [0.717, 1.165) is 16.7 Å². The van der Waals surface area contributed by atoms with Crippen LogP contribution in [0.15, 0.2) is 48.5 Å². The Morgan fingerprint density at radius 3 is 2.71 bits per heavy atom. The van der Waals surface area contributed by atoms with Gasteiger partial charge in [-0.25, -0.2) is 4.79 Å². The topological polar surface area (TPSA) is 62.1 Å². The number of nitrogens with zero attached hydrogens (tertiary/aromatic N) is 1. The number of alkyl carbamates (subject to hydrolysis) is 1. The van der Waals surface area contributed by atoms with Gasteiger partial charge >= 0.3 is 6.09 Å². The fourth-order valence-corrected chi connectivity index (χ4v) is 2.08. The van der Waals surface area contributed by atoms with E-state index < -0.39 is 6.09 Å². The predicted molar refractivity (Wildman–Crippen MR) is 92.0 cm³/mol. The van der Waals surface area contributed by atoms with E-state index in [9.17, 15) is 4.79 Å². The molecular formula is C20H18N2O2. The lowest BCUT2D eigenvalue weighted by Crippen LogP contribution is -2.24. The molecule has 0 aliphatic carbocycles. The number of carbonyl (C=O) groups is 1.